The highest BCUT2D eigenvalue weighted by molar-refractivity contribution is 7.80. The van der Waals surface area contributed by atoms with Crippen LogP contribution in [0.5, 0.6) is 5.75 Å². The van der Waals surface area contributed by atoms with E-state index in [-0.39, 0.29) is 27.7 Å². The second-order valence-electron chi connectivity index (χ2n) is 5.14. The van der Waals surface area contributed by atoms with E-state index in [0.717, 1.165) is 5.56 Å². The van der Waals surface area contributed by atoms with Crippen LogP contribution in [0.2, 0.25) is 0 Å². The highest BCUT2D eigenvalue weighted by atomic mass is 32.1. The number of nitro groups is 1. The number of phenolic OH excluding ortho intramolecular Hbond substituents is 1. The number of rotatable bonds is 3. The summed E-state index contributed by atoms with van der Waals surface area (Å²) in [6.45, 7) is 3.32. The monoisotopic (exact) mass is 345 g/mol. The number of aromatic hydroxyl groups is 1. The van der Waals surface area contributed by atoms with Crippen LogP contribution in [0.3, 0.4) is 0 Å². The summed E-state index contributed by atoms with van der Waals surface area (Å²) in [7, 11) is 0. The molecule has 3 N–H and O–H groups in total. The summed E-state index contributed by atoms with van der Waals surface area (Å²) in [5.41, 5.74) is 1.49. The van der Waals surface area contributed by atoms with Crippen LogP contribution in [0, 0.1) is 24.0 Å². The molecule has 0 spiro atoms. The Bertz CT molecular complexity index is 836. The lowest BCUT2D eigenvalue weighted by Gasteiger charge is -2.12. The van der Waals surface area contributed by atoms with Crippen molar-refractivity contribution in [2.24, 2.45) is 0 Å². The number of hydrogen-bond acceptors (Lipinski definition) is 5. The highest BCUT2D eigenvalue weighted by Crippen LogP contribution is 2.24. The SMILES string of the molecule is Cc1ccc(NC(=S)NC(=O)c2cccc([N+](=O)[O-])c2C)c(O)c1. The van der Waals surface area contributed by atoms with Crippen molar-refractivity contribution >= 4 is 34.6 Å². The zero-order valence-electron chi connectivity index (χ0n) is 13.0. The van der Waals surface area contributed by atoms with Gasteiger partial charge in [-0.1, -0.05) is 12.1 Å². The number of phenols is 1. The first-order chi connectivity index (χ1) is 11.3. The molecule has 1 amide bonds. The Morgan fingerprint density at radius 3 is 2.58 bits per heavy atom. The summed E-state index contributed by atoms with van der Waals surface area (Å²) in [5, 5.41) is 25.9. The number of nitrogens with one attached hydrogen (secondary N) is 2. The molecule has 8 heteroatoms. The zero-order valence-corrected chi connectivity index (χ0v) is 13.8. The number of nitrogens with zero attached hydrogens (tertiary/aromatic N) is 1. The molecule has 0 aliphatic carbocycles. The van der Waals surface area contributed by atoms with Crippen LogP contribution in [0.1, 0.15) is 21.5 Å². The van der Waals surface area contributed by atoms with Gasteiger partial charge in [0.1, 0.15) is 5.75 Å². The fourth-order valence-electron chi connectivity index (χ4n) is 2.14. The standard InChI is InChI=1S/C16H15N3O4S/c1-9-6-7-12(14(20)8-9)17-16(24)18-15(21)11-4-3-5-13(10(11)2)19(22)23/h3-8,20H,1-2H3,(H2,17,18,21,24). The number of thiocarbonyl (C=S) groups is 1. The van der Waals surface area contributed by atoms with Crippen LogP contribution in [0.25, 0.3) is 0 Å². The van der Waals surface area contributed by atoms with Crippen LogP contribution in [0.4, 0.5) is 11.4 Å². The summed E-state index contributed by atoms with van der Waals surface area (Å²) >= 11 is 5.04. The van der Waals surface area contributed by atoms with Crippen molar-refractivity contribution < 1.29 is 14.8 Å². The van der Waals surface area contributed by atoms with Crippen molar-refractivity contribution in [2.45, 2.75) is 13.8 Å². The predicted molar refractivity (Wildman–Crippen MR) is 94.4 cm³/mol. The third kappa shape index (κ3) is 3.85. The van der Waals surface area contributed by atoms with E-state index in [2.05, 4.69) is 10.6 Å². The van der Waals surface area contributed by atoms with Crippen molar-refractivity contribution in [1.29, 1.82) is 0 Å². The molecular formula is C16H15N3O4S. The minimum absolute atomic E-state index is 0.00173. The van der Waals surface area contributed by atoms with Gasteiger partial charge in [0, 0.05) is 17.2 Å². The van der Waals surface area contributed by atoms with Gasteiger partial charge in [-0.2, -0.15) is 0 Å². The molecule has 0 aliphatic heterocycles. The molecule has 0 saturated heterocycles. The van der Waals surface area contributed by atoms with Gasteiger partial charge >= 0.3 is 0 Å². The van der Waals surface area contributed by atoms with Gasteiger partial charge < -0.3 is 10.4 Å². The lowest BCUT2D eigenvalue weighted by atomic mass is 10.1. The molecule has 0 aliphatic rings. The molecule has 24 heavy (non-hydrogen) atoms. The molecule has 0 unspecified atom stereocenters. The maximum atomic E-state index is 12.3. The Morgan fingerprint density at radius 2 is 1.96 bits per heavy atom. The quantitative estimate of drug-likeness (QED) is 0.342. The third-order valence-electron chi connectivity index (χ3n) is 3.38. The number of amides is 1. The molecule has 0 saturated carbocycles. The van der Waals surface area contributed by atoms with Crippen LogP contribution in [0.15, 0.2) is 36.4 Å². The molecule has 2 rings (SSSR count). The summed E-state index contributed by atoms with van der Waals surface area (Å²) < 4.78 is 0. The molecule has 2 aromatic rings. The average Bonchev–Trinajstić information content (AvgIpc) is 2.49. The van der Waals surface area contributed by atoms with Gasteiger partial charge in [0.05, 0.1) is 10.6 Å². The van der Waals surface area contributed by atoms with Crippen molar-refractivity contribution in [2.75, 3.05) is 5.32 Å². The first-order valence-electron chi connectivity index (χ1n) is 6.95. The van der Waals surface area contributed by atoms with E-state index in [0.29, 0.717) is 5.69 Å². The van der Waals surface area contributed by atoms with E-state index >= 15 is 0 Å². The fourth-order valence-corrected chi connectivity index (χ4v) is 2.34. The average molecular weight is 345 g/mol. The van der Waals surface area contributed by atoms with Crippen molar-refractivity contribution in [3.63, 3.8) is 0 Å². The summed E-state index contributed by atoms with van der Waals surface area (Å²) in [6.07, 6.45) is 0. The van der Waals surface area contributed by atoms with Crippen molar-refractivity contribution in [1.82, 2.24) is 5.32 Å². The normalized spacial score (nSPS) is 10.1. The number of aryl methyl sites for hydroxylation is 1. The van der Waals surface area contributed by atoms with E-state index in [1.165, 1.54) is 25.1 Å². The summed E-state index contributed by atoms with van der Waals surface area (Å²) in [4.78, 5) is 22.6. The second kappa shape index (κ2) is 7.05. The Labute approximate surface area is 143 Å². The number of benzene rings is 2. The number of carbonyl (C=O) groups excluding carboxylic acids is 1. The Balaban J connectivity index is 2.13. The third-order valence-corrected chi connectivity index (χ3v) is 3.58. The van der Waals surface area contributed by atoms with Gasteiger partial charge in [0.25, 0.3) is 11.6 Å². The summed E-state index contributed by atoms with van der Waals surface area (Å²) in [5.74, 6) is -0.571. The van der Waals surface area contributed by atoms with Crippen LogP contribution in [-0.4, -0.2) is 21.0 Å². The molecule has 0 fully saturated rings. The topological polar surface area (TPSA) is 104 Å². The fraction of sp³-hybridized carbons (Fsp3) is 0.125. The van der Waals surface area contributed by atoms with Gasteiger partial charge in [0.15, 0.2) is 5.11 Å². The Hall–Kier alpha value is -3.00. The van der Waals surface area contributed by atoms with E-state index in [1.54, 1.807) is 18.2 Å². The summed E-state index contributed by atoms with van der Waals surface area (Å²) in [6, 6.07) is 9.19. The van der Waals surface area contributed by atoms with Crippen molar-refractivity contribution in [3.8, 4) is 5.75 Å². The number of carbonyl (C=O) groups is 1. The number of anilines is 1. The lowest BCUT2D eigenvalue weighted by Crippen LogP contribution is -2.34. The highest BCUT2D eigenvalue weighted by Gasteiger charge is 2.18. The van der Waals surface area contributed by atoms with Gasteiger partial charge in [-0.05, 0) is 49.8 Å². The lowest BCUT2D eigenvalue weighted by molar-refractivity contribution is -0.385. The van der Waals surface area contributed by atoms with Gasteiger partial charge in [0.2, 0.25) is 0 Å². The van der Waals surface area contributed by atoms with E-state index in [4.69, 9.17) is 12.2 Å². The largest absolute Gasteiger partial charge is 0.506 e. The van der Waals surface area contributed by atoms with Gasteiger partial charge in [-0.3, -0.25) is 20.2 Å². The molecule has 0 heterocycles. The Kier molecular flexibility index (Phi) is 5.10. The smallest absolute Gasteiger partial charge is 0.273 e. The molecule has 0 radical (unpaired) electrons. The Morgan fingerprint density at radius 1 is 1.25 bits per heavy atom. The van der Waals surface area contributed by atoms with Crippen LogP contribution >= 0.6 is 12.2 Å². The van der Waals surface area contributed by atoms with E-state index < -0.39 is 10.8 Å². The van der Waals surface area contributed by atoms with Crippen LogP contribution < -0.4 is 10.6 Å². The van der Waals surface area contributed by atoms with Crippen molar-refractivity contribution in [3.05, 3.63) is 63.2 Å². The molecule has 0 aromatic heterocycles. The zero-order chi connectivity index (χ0) is 17.9. The minimum Gasteiger partial charge on any atom is -0.506 e. The first kappa shape index (κ1) is 17.4. The second-order valence-corrected chi connectivity index (χ2v) is 5.54. The van der Waals surface area contributed by atoms with E-state index in [1.807, 2.05) is 6.92 Å². The number of hydrogen-bond donors (Lipinski definition) is 3. The maximum absolute atomic E-state index is 12.3. The van der Waals surface area contributed by atoms with Crippen LogP contribution in [-0.2, 0) is 0 Å². The molecule has 2 aromatic carbocycles. The first-order valence-corrected chi connectivity index (χ1v) is 7.36. The number of nitro benzene ring substituents is 1. The van der Waals surface area contributed by atoms with Gasteiger partial charge in [-0.25, -0.2) is 0 Å². The predicted octanol–water partition coefficient (Wildman–Crippen LogP) is 3.04. The maximum Gasteiger partial charge on any atom is 0.273 e. The van der Waals surface area contributed by atoms with E-state index in [9.17, 15) is 20.0 Å². The van der Waals surface area contributed by atoms with Gasteiger partial charge in [-0.15, -0.1) is 0 Å². The molecule has 0 bridgehead atoms. The molecular weight excluding hydrogens is 330 g/mol. The minimum atomic E-state index is -0.569. The molecule has 0 atom stereocenters. The molecule has 7 nitrogen and oxygen atoms in total. The molecule has 124 valence electrons.